The molecule has 2 saturated heterocycles. The van der Waals surface area contributed by atoms with Gasteiger partial charge >= 0.3 is 0 Å². The molecule has 0 aliphatic carbocycles. The van der Waals surface area contributed by atoms with Gasteiger partial charge in [0.1, 0.15) is 0 Å². The predicted molar refractivity (Wildman–Crippen MR) is 106 cm³/mol. The van der Waals surface area contributed by atoms with Crippen molar-refractivity contribution in [1.82, 2.24) is 14.8 Å². The molecule has 0 saturated carbocycles. The standard InChI is InChI=1S/C22H35N3O/c1-19(2)7-5-14-24-15-6-11-22(17-24)12-9-21(26)25(18-22)16-10-20-8-3-4-13-23-20/h3-4,8,13,19H,5-7,9-12,14-18H2,1-2H3. The molecule has 1 unspecified atom stereocenters. The average molecular weight is 358 g/mol. The predicted octanol–water partition coefficient (Wildman–Crippen LogP) is 3.76. The van der Waals surface area contributed by atoms with Crippen LogP contribution in [-0.2, 0) is 11.2 Å². The van der Waals surface area contributed by atoms with E-state index in [-0.39, 0.29) is 0 Å². The van der Waals surface area contributed by atoms with Crippen LogP contribution in [0.4, 0.5) is 0 Å². The van der Waals surface area contributed by atoms with Crippen LogP contribution in [0.5, 0.6) is 0 Å². The van der Waals surface area contributed by atoms with Crippen molar-refractivity contribution in [2.45, 2.75) is 58.8 Å². The highest BCUT2D eigenvalue weighted by Crippen LogP contribution is 2.39. The number of aromatic nitrogens is 1. The Morgan fingerprint density at radius 1 is 1.19 bits per heavy atom. The molecule has 0 aromatic carbocycles. The molecule has 3 rings (SSSR count). The summed E-state index contributed by atoms with van der Waals surface area (Å²) in [5, 5.41) is 0. The second-order valence-corrected chi connectivity index (χ2v) is 8.80. The number of nitrogens with zero attached hydrogens (tertiary/aromatic N) is 3. The number of hydrogen-bond donors (Lipinski definition) is 0. The van der Waals surface area contributed by atoms with Crippen LogP contribution in [0.1, 0.15) is 58.1 Å². The summed E-state index contributed by atoms with van der Waals surface area (Å²) in [6.07, 6.45) is 9.68. The van der Waals surface area contributed by atoms with E-state index in [9.17, 15) is 4.79 Å². The monoisotopic (exact) mass is 357 g/mol. The van der Waals surface area contributed by atoms with E-state index in [4.69, 9.17) is 0 Å². The summed E-state index contributed by atoms with van der Waals surface area (Å²) in [4.78, 5) is 21.7. The number of hydrogen-bond acceptors (Lipinski definition) is 3. The molecule has 4 nitrogen and oxygen atoms in total. The lowest BCUT2D eigenvalue weighted by Crippen LogP contribution is -2.54. The molecular weight excluding hydrogens is 322 g/mol. The van der Waals surface area contributed by atoms with Crippen molar-refractivity contribution in [3.8, 4) is 0 Å². The van der Waals surface area contributed by atoms with Crippen LogP contribution in [0.25, 0.3) is 0 Å². The maximum absolute atomic E-state index is 12.5. The molecule has 0 N–H and O–H groups in total. The van der Waals surface area contributed by atoms with Crippen molar-refractivity contribution in [2.24, 2.45) is 11.3 Å². The van der Waals surface area contributed by atoms with Gasteiger partial charge in [0.05, 0.1) is 0 Å². The summed E-state index contributed by atoms with van der Waals surface area (Å²) in [5.74, 6) is 1.13. The van der Waals surface area contributed by atoms with Gasteiger partial charge in [-0.25, -0.2) is 0 Å². The highest BCUT2D eigenvalue weighted by molar-refractivity contribution is 5.77. The Hall–Kier alpha value is -1.42. The Kier molecular flexibility index (Phi) is 6.68. The Morgan fingerprint density at radius 3 is 2.85 bits per heavy atom. The second kappa shape index (κ2) is 8.98. The minimum absolute atomic E-state index is 0.327. The molecule has 26 heavy (non-hydrogen) atoms. The zero-order chi connectivity index (χ0) is 18.4. The van der Waals surface area contributed by atoms with Crippen LogP contribution >= 0.6 is 0 Å². The summed E-state index contributed by atoms with van der Waals surface area (Å²) in [6.45, 7) is 10.0. The number of pyridine rings is 1. The van der Waals surface area contributed by atoms with E-state index in [1.54, 1.807) is 0 Å². The van der Waals surface area contributed by atoms with Gasteiger partial charge in [-0.2, -0.15) is 0 Å². The molecule has 0 bridgehead atoms. The average Bonchev–Trinajstić information content (AvgIpc) is 2.64. The molecule has 2 aliphatic heterocycles. The molecule has 1 aromatic heterocycles. The van der Waals surface area contributed by atoms with Crippen molar-refractivity contribution in [1.29, 1.82) is 0 Å². The van der Waals surface area contributed by atoms with Crippen molar-refractivity contribution < 1.29 is 4.79 Å². The van der Waals surface area contributed by atoms with Gasteiger partial charge in [0.15, 0.2) is 0 Å². The van der Waals surface area contributed by atoms with Crippen molar-refractivity contribution in [3.63, 3.8) is 0 Å². The van der Waals surface area contributed by atoms with E-state index in [2.05, 4.69) is 34.7 Å². The van der Waals surface area contributed by atoms with Gasteiger partial charge in [0.2, 0.25) is 5.91 Å². The van der Waals surface area contributed by atoms with E-state index in [0.717, 1.165) is 44.0 Å². The Balaban J connectivity index is 1.54. The zero-order valence-electron chi connectivity index (χ0n) is 16.6. The first kappa shape index (κ1) is 19.3. The number of carbonyl (C=O) groups excluding carboxylic acids is 1. The quantitative estimate of drug-likeness (QED) is 0.745. The van der Waals surface area contributed by atoms with Crippen LogP contribution in [0.2, 0.25) is 0 Å². The van der Waals surface area contributed by atoms with Gasteiger partial charge in [-0.15, -0.1) is 0 Å². The van der Waals surface area contributed by atoms with Gasteiger partial charge in [-0.05, 0) is 63.2 Å². The molecule has 0 radical (unpaired) electrons. The first-order valence-corrected chi connectivity index (χ1v) is 10.5. The number of likely N-dealkylation sites (tertiary alicyclic amines) is 2. The first-order chi connectivity index (χ1) is 12.6. The molecule has 1 amide bonds. The van der Waals surface area contributed by atoms with Crippen molar-refractivity contribution in [3.05, 3.63) is 30.1 Å². The molecular formula is C22H35N3O. The lowest BCUT2D eigenvalue weighted by Gasteiger charge is -2.48. The molecule has 1 spiro atoms. The number of piperidine rings is 2. The molecule has 144 valence electrons. The first-order valence-electron chi connectivity index (χ1n) is 10.5. The molecule has 2 aliphatic rings. The Labute approximate surface area is 159 Å². The minimum atomic E-state index is 0.327. The Bertz CT molecular complexity index is 574. The molecule has 4 heteroatoms. The third kappa shape index (κ3) is 5.29. The number of rotatable bonds is 7. The van der Waals surface area contributed by atoms with E-state index in [1.807, 2.05) is 18.3 Å². The van der Waals surface area contributed by atoms with Crippen molar-refractivity contribution >= 4 is 5.91 Å². The zero-order valence-corrected chi connectivity index (χ0v) is 16.6. The van der Waals surface area contributed by atoms with Crippen LogP contribution in [0.3, 0.4) is 0 Å². The third-order valence-electron chi connectivity index (χ3n) is 6.11. The summed E-state index contributed by atoms with van der Waals surface area (Å²) < 4.78 is 0. The van der Waals surface area contributed by atoms with E-state index in [1.165, 1.54) is 45.3 Å². The molecule has 3 heterocycles. The lowest BCUT2D eigenvalue weighted by molar-refractivity contribution is -0.139. The van der Waals surface area contributed by atoms with E-state index < -0.39 is 0 Å². The maximum atomic E-state index is 12.5. The van der Waals surface area contributed by atoms with E-state index >= 15 is 0 Å². The summed E-state index contributed by atoms with van der Waals surface area (Å²) in [7, 11) is 0. The van der Waals surface area contributed by atoms with Gasteiger partial charge in [0, 0.05) is 49.8 Å². The van der Waals surface area contributed by atoms with Crippen molar-refractivity contribution in [2.75, 3.05) is 32.7 Å². The van der Waals surface area contributed by atoms with Gasteiger partial charge < -0.3 is 9.80 Å². The van der Waals surface area contributed by atoms with Crippen LogP contribution in [0, 0.1) is 11.3 Å². The normalized spacial score (nSPS) is 24.6. The summed E-state index contributed by atoms with van der Waals surface area (Å²) >= 11 is 0. The van der Waals surface area contributed by atoms with Gasteiger partial charge in [-0.3, -0.25) is 9.78 Å². The molecule has 1 atom stereocenters. The number of carbonyl (C=O) groups is 1. The summed E-state index contributed by atoms with van der Waals surface area (Å²) in [6, 6.07) is 6.03. The fraction of sp³-hybridized carbons (Fsp3) is 0.727. The molecule has 2 fully saturated rings. The van der Waals surface area contributed by atoms with Crippen LogP contribution in [-0.4, -0.2) is 53.4 Å². The fourth-order valence-electron chi connectivity index (χ4n) is 4.66. The van der Waals surface area contributed by atoms with E-state index in [0.29, 0.717) is 11.3 Å². The van der Waals surface area contributed by atoms with Crippen LogP contribution < -0.4 is 0 Å². The highest BCUT2D eigenvalue weighted by Gasteiger charge is 2.41. The SMILES string of the molecule is CC(C)CCCN1CCCC2(CCC(=O)N(CCc3ccccn3)C2)C1. The van der Waals surface area contributed by atoms with Crippen LogP contribution in [0.15, 0.2) is 24.4 Å². The third-order valence-corrected chi connectivity index (χ3v) is 6.11. The lowest BCUT2D eigenvalue weighted by atomic mass is 9.73. The molecule has 1 aromatic rings. The number of amides is 1. The van der Waals surface area contributed by atoms with Gasteiger partial charge in [0.25, 0.3) is 0 Å². The Morgan fingerprint density at radius 2 is 2.08 bits per heavy atom. The fourth-order valence-corrected chi connectivity index (χ4v) is 4.66. The second-order valence-electron chi connectivity index (χ2n) is 8.80. The largest absolute Gasteiger partial charge is 0.342 e. The highest BCUT2D eigenvalue weighted by atomic mass is 16.2. The topological polar surface area (TPSA) is 36.4 Å². The maximum Gasteiger partial charge on any atom is 0.222 e. The minimum Gasteiger partial charge on any atom is -0.342 e. The smallest absolute Gasteiger partial charge is 0.222 e. The summed E-state index contributed by atoms with van der Waals surface area (Å²) in [5.41, 5.74) is 1.41. The van der Waals surface area contributed by atoms with Gasteiger partial charge in [-0.1, -0.05) is 19.9 Å².